The van der Waals surface area contributed by atoms with Crippen LogP contribution in [0.2, 0.25) is 0 Å². The molecule has 0 fully saturated rings. The Morgan fingerprint density at radius 1 is 1.24 bits per heavy atom. The van der Waals surface area contributed by atoms with E-state index in [4.69, 9.17) is 5.73 Å². The molecule has 0 aliphatic heterocycles. The van der Waals surface area contributed by atoms with Gasteiger partial charge in [0.25, 0.3) is 0 Å². The highest BCUT2D eigenvalue weighted by Gasteiger charge is 2.30. The van der Waals surface area contributed by atoms with Crippen LogP contribution < -0.4 is 5.73 Å². The number of rotatable bonds is 4. The monoisotopic (exact) mass is 267 g/mol. The van der Waals surface area contributed by atoms with Crippen molar-refractivity contribution in [1.29, 1.82) is 0 Å². The van der Waals surface area contributed by atoms with Gasteiger partial charge in [-0.25, -0.2) is 8.42 Å². The molecule has 0 heterocycles. The maximum atomic E-state index is 12.4. The molecule has 3 nitrogen and oxygen atoms in total. The topological polar surface area (TPSA) is 60.2 Å². The molecule has 0 aromatic heterocycles. The normalized spacial score (nSPS) is 12.7. The predicted molar refractivity (Wildman–Crippen MR) is 58.0 cm³/mol. The molecule has 17 heavy (non-hydrogen) atoms. The summed E-state index contributed by atoms with van der Waals surface area (Å²) in [6.45, 7) is -0.0404. The summed E-state index contributed by atoms with van der Waals surface area (Å²) in [5.74, 6) is -0.655. The van der Waals surface area contributed by atoms with Crippen LogP contribution in [0.15, 0.2) is 24.3 Å². The number of alkyl halides is 3. The van der Waals surface area contributed by atoms with Crippen molar-refractivity contribution in [3.05, 3.63) is 35.4 Å². The van der Waals surface area contributed by atoms with Gasteiger partial charge in [0.05, 0.1) is 17.1 Å². The van der Waals surface area contributed by atoms with Gasteiger partial charge in [0, 0.05) is 6.54 Å². The fourth-order valence-corrected chi connectivity index (χ4v) is 2.53. The first kappa shape index (κ1) is 14.0. The molecule has 0 saturated carbocycles. The number of nitrogens with two attached hydrogens (primary N) is 1. The number of sulfone groups is 1. The minimum atomic E-state index is -4.46. The van der Waals surface area contributed by atoms with E-state index in [-0.39, 0.29) is 17.9 Å². The van der Waals surface area contributed by atoms with Gasteiger partial charge in [-0.1, -0.05) is 18.2 Å². The number of hydrogen-bond donors (Lipinski definition) is 1. The van der Waals surface area contributed by atoms with Crippen molar-refractivity contribution in [3.8, 4) is 0 Å². The molecule has 1 rings (SSSR count). The molecule has 96 valence electrons. The fraction of sp³-hybridized carbons (Fsp3) is 0.400. The summed E-state index contributed by atoms with van der Waals surface area (Å²) in [4.78, 5) is 0. The third-order valence-corrected chi connectivity index (χ3v) is 3.70. The van der Waals surface area contributed by atoms with Crippen LogP contribution >= 0.6 is 0 Å². The molecule has 0 aliphatic rings. The van der Waals surface area contributed by atoms with E-state index in [0.717, 1.165) is 12.1 Å². The second-order valence-electron chi connectivity index (χ2n) is 3.58. The zero-order valence-corrected chi connectivity index (χ0v) is 9.68. The van der Waals surface area contributed by atoms with Crippen LogP contribution in [0.5, 0.6) is 0 Å². The number of hydrogen-bond acceptors (Lipinski definition) is 3. The van der Waals surface area contributed by atoms with E-state index in [1.165, 1.54) is 12.1 Å². The van der Waals surface area contributed by atoms with Crippen LogP contribution in [0.1, 0.15) is 11.1 Å². The van der Waals surface area contributed by atoms with E-state index < -0.39 is 27.3 Å². The lowest BCUT2D eigenvalue weighted by Crippen LogP contribution is -2.17. The van der Waals surface area contributed by atoms with Gasteiger partial charge in [-0.3, -0.25) is 0 Å². The first-order chi connectivity index (χ1) is 7.74. The molecule has 2 N–H and O–H groups in total. The number of benzene rings is 1. The van der Waals surface area contributed by atoms with Gasteiger partial charge in [0.15, 0.2) is 9.84 Å². The molecule has 1 aromatic rings. The lowest BCUT2D eigenvalue weighted by Gasteiger charge is -2.08. The summed E-state index contributed by atoms with van der Waals surface area (Å²) in [6, 6.07) is 4.28. The largest absolute Gasteiger partial charge is 0.416 e. The Balaban J connectivity index is 2.94. The van der Waals surface area contributed by atoms with Gasteiger partial charge < -0.3 is 5.73 Å². The van der Waals surface area contributed by atoms with Crippen LogP contribution in [0, 0.1) is 0 Å². The molecule has 0 unspecified atom stereocenters. The third-order valence-electron chi connectivity index (χ3n) is 2.07. The van der Waals surface area contributed by atoms with Crippen LogP contribution in [-0.4, -0.2) is 20.7 Å². The van der Waals surface area contributed by atoms with Gasteiger partial charge in [-0.15, -0.1) is 0 Å². The Kier molecular flexibility index (Phi) is 4.16. The summed E-state index contributed by atoms with van der Waals surface area (Å²) >= 11 is 0. The molecule has 0 bridgehead atoms. The molecule has 0 atom stereocenters. The predicted octanol–water partition coefficient (Wildman–Crippen LogP) is 1.58. The quantitative estimate of drug-likeness (QED) is 0.901. The van der Waals surface area contributed by atoms with Gasteiger partial charge in [-0.05, 0) is 11.6 Å². The van der Waals surface area contributed by atoms with Crippen LogP contribution in [0.4, 0.5) is 13.2 Å². The Labute approximate surface area is 97.4 Å². The maximum absolute atomic E-state index is 12.4. The fourth-order valence-electron chi connectivity index (χ4n) is 1.34. The highest BCUT2D eigenvalue weighted by atomic mass is 32.2. The minimum absolute atomic E-state index is 0.0404. The van der Waals surface area contributed by atoms with Crippen molar-refractivity contribution in [2.75, 3.05) is 12.3 Å². The second kappa shape index (κ2) is 5.05. The van der Waals surface area contributed by atoms with Gasteiger partial charge in [-0.2, -0.15) is 13.2 Å². The highest BCUT2D eigenvalue weighted by molar-refractivity contribution is 7.90. The molecule has 1 aromatic carbocycles. The molecule has 0 radical (unpaired) electrons. The molecule has 0 saturated heterocycles. The van der Waals surface area contributed by atoms with Crippen molar-refractivity contribution in [1.82, 2.24) is 0 Å². The van der Waals surface area contributed by atoms with Crippen LogP contribution in [-0.2, 0) is 21.8 Å². The first-order valence-electron chi connectivity index (χ1n) is 4.81. The minimum Gasteiger partial charge on any atom is -0.329 e. The summed E-state index contributed by atoms with van der Waals surface area (Å²) in [6.07, 6.45) is -4.46. The summed E-state index contributed by atoms with van der Waals surface area (Å²) < 4.78 is 59.9. The van der Waals surface area contributed by atoms with E-state index in [0.29, 0.717) is 0 Å². The Morgan fingerprint density at radius 2 is 1.88 bits per heavy atom. The van der Waals surface area contributed by atoms with Crippen molar-refractivity contribution >= 4 is 9.84 Å². The maximum Gasteiger partial charge on any atom is 0.416 e. The van der Waals surface area contributed by atoms with E-state index in [2.05, 4.69) is 0 Å². The molecule has 0 spiro atoms. The molecule has 0 aliphatic carbocycles. The average Bonchev–Trinajstić information content (AvgIpc) is 2.15. The van der Waals surface area contributed by atoms with Crippen LogP contribution in [0.25, 0.3) is 0 Å². The smallest absolute Gasteiger partial charge is 0.329 e. The number of halogens is 3. The highest BCUT2D eigenvalue weighted by Crippen LogP contribution is 2.29. The van der Waals surface area contributed by atoms with Crippen molar-refractivity contribution in [2.24, 2.45) is 5.73 Å². The Hall–Kier alpha value is -1.08. The van der Waals surface area contributed by atoms with E-state index in [1.54, 1.807) is 0 Å². The Bertz CT molecular complexity index is 483. The van der Waals surface area contributed by atoms with E-state index in [1.807, 2.05) is 0 Å². The average molecular weight is 267 g/mol. The SMILES string of the molecule is NCCS(=O)(=O)Cc1cccc(C(F)(F)F)c1. The summed E-state index contributed by atoms with van der Waals surface area (Å²) in [5, 5.41) is 0. The van der Waals surface area contributed by atoms with Crippen molar-refractivity contribution in [3.63, 3.8) is 0 Å². The lowest BCUT2D eigenvalue weighted by molar-refractivity contribution is -0.137. The lowest BCUT2D eigenvalue weighted by atomic mass is 10.1. The second-order valence-corrected chi connectivity index (χ2v) is 5.76. The van der Waals surface area contributed by atoms with Gasteiger partial charge in [0.1, 0.15) is 0 Å². The Morgan fingerprint density at radius 3 is 2.41 bits per heavy atom. The summed E-state index contributed by atoms with van der Waals surface area (Å²) in [5.41, 5.74) is 4.38. The van der Waals surface area contributed by atoms with E-state index >= 15 is 0 Å². The summed E-state index contributed by atoms with van der Waals surface area (Å²) in [7, 11) is -3.44. The molecule has 7 heteroatoms. The van der Waals surface area contributed by atoms with E-state index in [9.17, 15) is 21.6 Å². The zero-order chi connectivity index (χ0) is 13.1. The van der Waals surface area contributed by atoms with Crippen molar-refractivity contribution < 1.29 is 21.6 Å². The molecular weight excluding hydrogens is 255 g/mol. The first-order valence-corrected chi connectivity index (χ1v) is 6.63. The third kappa shape index (κ3) is 4.35. The standard InChI is InChI=1S/C10H12F3NO2S/c11-10(12,13)9-3-1-2-8(6-9)7-17(15,16)5-4-14/h1-3,6H,4-5,7,14H2. The molecule has 0 amide bonds. The van der Waals surface area contributed by atoms with Crippen molar-refractivity contribution in [2.45, 2.75) is 11.9 Å². The zero-order valence-electron chi connectivity index (χ0n) is 8.87. The van der Waals surface area contributed by atoms with Crippen LogP contribution in [0.3, 0.4) is 0 Å². The van der Waals surface area contributed by atoms with Gasteiger partial charge >= 0.3 is 6.18 Å². The van der Waals surface area contributed by atoms with Gasteiger partial charge in [0.2, 0.25) is 0 Å². The molecular formula is C10H12F3NO2S.